The first-order valence-corrected chi connectivity index (χ1v) is 7.48. The van der Waals surface area contributed by atoms with Crippen LogP contribution < -0.4 is 16.0 Å². The van der Waals surface area contributed by atoms with Crippen molar-refractivity contribution in [1.29, 1.82) is 0 Å². The number of hydrogen-bond donors (Lipinski definition) is 4. The van der Waals surface area contributed by atoms with E-state index in [-0.39, 0.29) is 17.9 Å². The van der Waals surface area contributed by atoms with Gasteiger partial charge in [-0.3, -0.25) is 9.59 Å². The third-order valence-electron chi connectivity index (χ3n) is 3.84. The van der Waals surface area contributed by atoms with Gasteiger partial charge in [-0.15, -0.1) is 0 Å². The first kappa shape index (κ1) is 17.3. The largest absolute Gasteiger partial charge is 0.481 e. The Morgan fingerprint density at radius 1 is 1.14 bits per heavy atom. The Hall–Kier alpha value is -1.79. The van der Waals surface area contributed by atoms with E-state index in [2.05, 4.69) is 16.0 Å². The molecule has 1 unspecified atom stereocenters. The molecule has 0 aromatic carbocycles. The van der Waals surface area contributed by atoms with Crippen molar-refractivity contribution in [1.82, 2.24) is 16.0 Å². The fourth-order valence-electron chi connectivity index (χ4n) is 2.49. The van der Waals surface area contributed by atoms with Gasteiger partial charge in [0.1, 0.15) is 6.04 Å². The van der Waals surface area contributed by atoms with Gasteiger partial charge in [-0.1, -0.05) is 0 Å². The third kappa shape index (κ3) is 6.01. The van der Waals surface area contributed by atoms with Crippen molar-refractivity contribution in [2.75, 3.05) is 13.1 Å². The van der Waals surface area contributed by atoms with E-state index in [1.807, 2.05) is 6.92 Å². The molecule has 7 nitrogen and oxygen atoms in total. The minimum atomic E-state index is -0.727. The van der Waals surface area contributed by atoms with Gasteiger partial charge in [-0.25, -0.2) is 4.79 Å². The summed E-state index contributed by atoms with van der Waals surface area (Å²) in [5, 5.41) is 16.9. The lowest BCUT2D eigenvalue weighted by atomic mass is 9.82. The highest BCUT2D eigenvalue weighted by atomic mass is 16.4. The average molecular weight is 299 g/mol. The zero-order valence-corrected chi connectivity index (χ0v) is 12.6. The molecule has 3 amide bonds. The van der Waals surface area contributed by atoms with Crippen molar-refractivity contribution in [3.8, 4) is 0 Å². The number of amides is 3. The number of nitrogens with one attached hydrogen (secondary N) is 3. The SMILES string of the molecule is CCNC(=O)C(C)NC(=O)NCC1CCC(C(=O)O)CC1. The number of likely N-dealkylation sites (N-methyl/N-ethyl adjacent to an activating group) is 1. The molecule has 7 heteroatoms. The molecule has 0 heterocycles. The molecule has 0 saturated heterocycles. The molecule has 0 spiro atoms. The second-order valence-corrected chi connectivity index (χ2v) is 5.53. The van der Waals surface area contributed by atoms with Crippen LogP contribution in [0.15, 0.2) is 0 Å². The molecule has 1 rings (SSSR count). The van der Waals surface area contributed by atoms with Gasteiger partial charge in [-0.05, 0) is 45.4 Å². The van der Waals surface area contributed by atoms with Gasteiger partial charge < -0.3 is 21.1 Å². The van der Waals surface area contributed by atoms with Crippen molar-refractivity contribution in [2.45, 2.75) is 45.6 Å². The lowest BCUT2D eigenvalue weighted by Gasteiger charge is -2.26. The molecular weight excluding hydrogens is 274 g/mol. The highest BCUT2D eigenvalue weighted by molar-refractivity contribution is 5.86. The predicted octanol–water partition coefficient (Wildman–Crippen LogP) is 0.701. The number of aliphatic carboxylic acids is 1. The quantitative estimate of drug-likeness (QED) is 0.579. The molecule has 0 aromatic rings. The Morgan fingerprint density at radius 2 is 1.76 bits per heavy atom. The van der Waals surface area contributed by atoms with E-state index in [0.717, 1.165) is 12.8 Å². The maximum atomic E-state index is 11.7. The Labute approximate surface area is 124 Å². The van der Waals surface area contributed by atoms with E-state index in [0.29, 0.717) is 31.8 Å². The molecule has 0 bridgehead atoms. The fourth-order valence-corrected chi connectivity index (χ4v) is 2.49. The minimum Gasteiger partial charge on any atom is -0.481 e. The van der Waals surface area contributed by atoms with Crippen molar-refractivity contribution in [2.24, 2.45) is 11.8 Å². The Bertz CT molecular complexity index is 378. The van der Waals surface area contributed by atoms with Crippen LogP contribution in [0.4, 0.5) is 4.79 Å². The molecule has 0 aliphatic heterocycles. The van der Waals surface area contributed by atoms with Crippen LogP contribution in [0.1, 0.15) is 39.5 Å². The zero-order valence-electron chi connectivity index (χ0n) is 12.6. The fraction of sp³-hybridized carbons (Fsp3) is 0.786. The van der Waals surface area contributed by atoms with Gasteiger partial charge >= 0.3 is 12.0 Å². The summed E-state index contributed by atoms with van der Waals surface area (Å²) in [4.78, 5) is 34.0. The lowest BCUT2D eigenvalue weighted by Crippen LogP contribution is -2.49. The summed E-state index contributed by atoms with van der Waals surface area (Å²) >= 11 is 0. The number of carboxylic acid groups (broad SMARTS) is 1. The molecule has 1 fully saturated rings. The molecule has 0 radical (unpaired) electrons. The van der Waals surface area contributed by atoms with Crippen LogP contribution in [0, 0.1) is 11.8 Å². The zero-order chi connectivity index (χ0) is 15.8. The topological polar surface area (TPSA) is 108 Å². The second-order valence-electron chi connectivity index (χ2n) is 5.53. The van der Waals surface area contributed by atoms with Crippen LogP contribution in [0.25, 0.3) is 0 Å². The van der Waals surface area contributed by atoms with Gasteiger partial charge in [0.05, 0.1) is 5.92 Å². The van der Waals surface area contributed by atoms with E-state index in [1.165, 1.54) is 0 Å². The van der Waals surface area contributed by atoms with E-state index >= 15 is 0 Å². The predicted molar refractivity (Wildman–Crippen MR) is 77.8 cm³/mol. The monoisotopic (exact) mass is 299 g/mol. The van der Waals surface area contributed by atoms with E-state index in [9.17, 15) is 14.4 Å². The van der Waals surface area contributed by atoms with Gasteiger partial charge in [0.15, 0.2) is 0 Å². The van der Waals surface area contributed by atoms with Gasteiger partial charge in [0, 0.05) is 13.1 Å². The summed E-state index contributed by atoms with van der Waals surface area (Å²) in [5.41, 5.74) is 0. The van der Waals surface area contributed by atoms with Crippen molar-refractivity contribution in [3.05, 3.63) is 0 Å². The Balaban J connectivity index is 2.22. The average Bonchev–Trinajstić information content (AvgIpc) is 2.45. The second kappa shape index (κ2) is 8.49. The van der Waals surface area contributed by atoms with Crippen molar-refractivity contribution < 1.29 is 19.5 Å². The molecule has 1 aliphatic rings. The van der Waals surface area contributed by atoms with Crippen LogP contribution in [-0.4, -0.2) is 42.1 Å². The molecule has 120 valence electrons. The Morgan fingerprint density at radius 3 is 2.29 bits per heavy atom. The van der Waals surface area contributed by atoms with Gasteiger partial charge in [0.2, 0.25) is 5.91 Å². The van der Waals surface area contributed by atoms with Crippen LogP contribution in [-0.2, 0) is 9.59 Å². The number of urea groups is 1. The van der Waals surface area contributed by atoms with Crippen molar-refractivity contribution >= 4 is 17.9 Å². The van der Waals surface area contributed by atoms with Crippen molar-refractivity contribution in [3.63, 3.8) is 0 Å². The number of rotatable bonds is 6. The maximum Gasteiger partial charge on any atom is 0.315 e. The van der Waals surface area contributed by atoms with E-state index in [4.69, 9.17) is 5.11 Å². The van der Waals surface area contributed by atoms with E-state index in [1.54, 1.807) is 6.92 Å². The van der Waals surface area contributed by atoms with Crippen LogP contribution in [0.2, 0.25) is 0 Å². The van der Waals surface area contributed by atoms with Gasteiger partial charge in [-0.2, -0.15) is 0 Å². The Kier molecular flexibility index (Phi) is 6.98. The highest BCUT2D eigenvalue weighted by Gasteiger charge is 2.26. The third-order valence-corrected chi connectivity index (χ3v) is 3.84. The smallest absolute Gasteiger partial charge is 0.315 e. The molecule has 1 saturated carbocycles. The molecule has 21 heavy (non-hydrogen) atoms. The van der Waals surface area contributed by atoms with Crippen LogP contribution in [0.3, 0.4) is 0 Å². The minimum absolute atomic E-state index is 0.213. The van der Waals surface area contributed by atoms with Gasteiger partial charge in [0.25, 0.3) is 0 Å². The molecule has 1 aliphatic carbocycles. The molecule has 0 aromatic heterocycles. The first-order chi connectivity index (χ1) is 9.93. The summed E-state index contributed by atoms with van der Waals surface area (Å²) in [6.45, 7) is 4.49. The first-order valence-electron chi connectivity index (χ1n) is 7.48. The summed E-state index contributed by atoms with van der Waals surface area (Å²) < 4.78 is 0. The highest BCUT2D eigenvalue weighted by Crippen LogP contribution is 2.28. The lowest BCUT2D eigenvalue weighted by molar-refractivity contribution is -0.143. The normalized spacial score (nSPS) is 23.0. The summed E-state index contributed by atoms with van der Waals surface area (Å²) in [7, 11) is 0. The standard InChI is InChI=1S/C14H25N3O4/c1-3-15-12(18)9(2)17-14(21)16-8-10-4-6-11(7-5-10)13(19)20/h9-11H,3-8H2,1-2H3,(H,15,18)(H,19,20)(H2,16,17,21). The van der Waals surface area contributed by atoms with Crippen LogP contribution >= 0.6 is 0 Å². The van der Waals surface area contributed by atoms with Crippen LogP contribution in [0.5, 0.6) is 0 Å². The number of carboxylic acids is 1. The number of carbonyl (C=O) groups excluding carboxylic acids is 2. The van der Waals surface area contributed by atoms with E-state index < -0.39 is 12.0 Å². The molecule has 1 atom stereocenters. The number of hydrogen-bond acceptors (Lipinski definition) is 3. The molecular formula is C14H25N3O4. The maximum absolute atomic E-state index is 11.7. The summed E-state index contributed by atoms with van der Waals surface area (Å²) in [6, 6.07) is -0.943. The summed E-state index contributed by atoms with van der Waals surface area (Å²) in [6.07, 6.45) is 2.95. The molecule has 4 N–H and O–H groups in total. The summed E-state index contributed by atoms with van der Waals surface area (Å²) in [5.74, 6) is -0.872. The number of carbonyl (C=O) groups is 3.